The summed E-state index contributed by atoms with van der Waals surface area (Å²) in [6, 6.07) is 12.4. The van der Waals surface area contributed by atoms with E-state index in [0.29, 0.717) is 5.41 Å². The standard InChI is InChI=1S/C31H40N6.2C2HF3O2/c1-30-17-15-23(32-34-28-9-5-7-19-36(28)3)21-22(30)11-12-24-25-13-14-27(31(25,2)18-16-26(24)30)33-35-29-10-6-8-20-37(29)4;2*3-2(4,5)1(6)7/h5-10,19-21,24-26H,11-18H2,1-4H3;2*(H,6,7)/b32-23+,33-27+;;/t24-,25-,26-,30-,31-;;/m0../s1. The van der Waals surface area contributed by atoms with E-state index in [1.54, 1.807) is 5.57 Å². The Morgan fingerprint density at radius 2 is 1.25 bits per heavy atom. The molecule has 5 atom stereocenters. The molecule has 3 saturated carbocycles. The number of alkyl halides is 6. The van der Waals surface area contributed by atoms with Gasteiger partial charge in [-0.25, -0.2) is 9.13 Å². The average Bonchev–Trinajstić information content (AvgIpc) is 3.39. The van der Waals surface area contributed by atoms with Gasteiger partial charge in [-0.1, -0.05) is 41.8 Å². The Hall–Kier alpha value is -4.50. The molecule has 2 aromatic heterocycles. The summed E-state index contributed by atoms with van der Waals surface area (Å²) >= 11 is 0. The third kappa shape index (κ3) is 9.06. The largest absolute Gasteiger partial charge is 0.542 e. The molecule has 2 heterocycles. The molecule has 0 aromatic carbocycles. The number of anilines is 2. The first kappa shape index (κ1) is 39.3. The third-order valence-electron chi connectivity index (χ3n) is 10.9. The van der Waals surface area contributed by atoms with E-state index in [1.807, 2.05) is 25.4 Å². The summed E-state index contributed by atoms with van der Waals surface area (Å²) in [5.41, 5.74) is 11.5. The van der Waals surface area contributed by atoms with Crippen LogP contribution in [0, 0.1) is 28.6 Å². The Balaban J connectivity index is 0.000000353. The minimum atomic E-state index is -5.19. The average molecular weight is 725 g/mol. The number of aryl methyl sites for hydroxylation is 2. The van der Waals surface area contributed by atoms with Crippen molar-refractivity contribution in [2.75, 3.05) is 10.9 Å². The summed E-state index contributed by atoms with van der Waals surface area (Å²) in [6.07, 6.45) is 5.97. The van der Waals surface area contributed by atoms with Gasteiger partial charge in [0, 0.05) is 17.5 Å². The van der Waals surface area contributed by atoms with Gasteiger partial charge in [0.15, 0.2) is 0 Å². The van der Waals surface area contributed by atoms with Crippen LogP contribution >= 0.6 is 0 Å². The van der Waals surface area contributed by atoms with Crippen LogP contribution < -0.4 is 30.2 Å². The number of rotatable bonds is 4. The molecule has 278 valence electrons. The van der Waals surface area contributed by atoms with Crippen molar-refractivity contribution in [3.05, 3.63) is 60.4 Å². The number of carboxylic acids is 2. The number of carbonyl (C=O) groups excluding carboxylic acids is 2. The van der Waals surface area contributed by atoms with E-state index in [1.165, 1.54) is 49.9 Å². The second-order valence-corrected chi connectivity index (χ2v) is 13.8. The van der Waals surface area contributed by atoms with Crippen LogP contribution in [-0.4, -0.2) is 35.7 Å². The molecular weight excluding hydrogens is 682 g/mol. The number of aliphatic carboxylic acids is 2. The van der Waals surface area contributed by atoms with Gasteiger partial charge >= 0.3 is 12.4 Å². The lowest BCUT2D eigenvalue weighted by molar-refractivity contribution is -0.657. The number of allylic oxidation sites excluding steroid dienone is 2. The topological polar surface area (TPSA) is 137 Å². The van der Waals surface area contributed by atoms with Crippen molar-refractivity contribution in [1.29, 1.82) is 0 Å². The van der Waals surface area contributed by atoms with Crippen LogP contribution in [0.3, 0.4) is 0 Å². The highest BCUT2D eigenvalue weighted by atomic mass is 19.4. The Bertz CT molecular complexity index is 1670. The molecule has 3 fully saturated rings. The zero-order chi connectivity index (χ0) is 37.8. The molecule has 2 aromatic rings. The molecule has 0 spiro atoms. The molecule has 0 radical (unpaired) electrons. The van der Waals surface area contributed by atoms with Crippen molar-refractivity contribution in [2.45, 2.75) is 77.6 Å². The summed E-state index contributed by atoms with van der Waals surface area (Å²) in [4.78, 5) is 17.6. The fraction of sp³-hybridized carbons (Fsp3) is 0.543. The van der Waals surface area contributed by atoms with Crippen LogP contribution in [0.2, 0.25) is 0 Å². The van der Waals surface area contributed by atoms with Gasteiger partial charge in [-0.15, -0.1) is 10.9 Å². The molecule has 0 unspecified atom stereocenters. The number of hydrogen-bond acceptors (Lipinski definition) is 8. The summed E-state index contributed by atoms with van der Waals surface area (Å²) in [5.74, 6) is -1.60. The fourth-order valence-corrected chi connectivity index (χ4v) is 8.16. The Kier molecular flexibility index (Phi) is 11.9. The number of carbonyl (C=O) groups is 2. The second kappa shape index (κ2) is 15.4. The zero-order valence-corrected chi connectivity index (χ0v) is 28.8. The number of carboxylic acid groups (broad SMARTS) is 2. The Morgan fingerprint density at radius 1 is 0.745 bits per heavy atom. The molecule has 0 aliphatic heterocycles. The lowest BCUT2D eigenvalue weighted by Gasteiger charge is -2.57. The van der Waals surface area contributed by atoms with Gasteiger partial charge in [-0.2, -0.15) is 26.3 Å². The first-order chi connectivity index (χ1) is 23.8. The molecule has 10 nitrogen and oxygen atoms in total. The van der Waals surface area contributed by atoms with Crippen LogP contribution in [0.5, 0.6) is 0 Å². The smallest absolute Gasteiger partial charge is 0.430 e. The van der Waals surface area contributed by atoms with Crippen LogP contribution in [0.1, 0.15) is 65.2 Å². The highest BCUT2D eigenvalue weighted by molar-refractivity contribution is 5.97. The number of pyridine rings is 2. The molecule has 4 aliphatic carbocycles. The van der Waals surface area contributed by atoms with Gasteiger partial charge in [0.2, 0.25) is 0 Å². The predicted molar refractivity (Wildman–Crippen MR) is 171 cm³/mol. The molecule has 0 saturated heterocycles. The minimum absolute atomic E-state index is 0.232. The number of halogens is 6. The van der Waals surface area contributed by atoms with E-state index in [4.69, 9.17) is 30.0 Å². The van der Waals surface area contributed by atoms with Crippen molar-refractivity contribution in [3.8, 4) is 0 Å². The van der Waals surface area contributed by atoms with Crippen LogP contribution in [0.4, 0.5) is 38.0 Å². The lowest BCUT2D eigenvalue weighted by Crippen LogP contribution is -2.50. The first-order valence-electron chi connectivity index (χ1n) is 16.6. The van der Waals surface area contributed by atoms with Gasteiger partial charge in [0.05, 0.1) is 37.9 Å². The van der Waals surface area contributed by atoms with Crippen molar-refractivity contribution >= 4 is 35.0 Å². The second-order valence-electron chi connectivity index (χ2n) is 13.8. The van der Waals surface area contributed by atoms with Crippen molar-refractivity contribution in [2.24, 2.45) is 52.9 Å². The van der Waals surface area contributed by atoms with Gasteiger partial charge in [-0.3, -0.25) is 0 Å². The van der Waals surface area contributed by atoms with E-state index in [9.17, 15) is 26.3 Å². The van der Waals surface area contributed by atoms with E-state index < -0.39 is 24.3 Å². The number of hydrazone groups is 2. The molecule has 2 N–H and O–H groups in total. The van der Waals surface area contributed by atoms with Crippen LogP contribution in [-0.2, 0) is 23.7 Å². The van der Waals surface area contributed by atoms with E-state index in [-0.39, 0.29) is 5.41 Å². The highest BCUT2D eigenvalue weighted by Gasteiger charge is 2.58. The summed E-state index contributed by atoms with van der Waals surface area (Å²) in [5, 5.41) is 27.4. The Morgan fingerprint density at radius 3 is 1.76 bits per heavy atom. The summed E-state index contributed by atoms with van der Waals surface area (Å²) in [6.45, 7) is 5.08. The fourth-order valence-electron chi connectivity index (χ4n) is 8.16. The monoisotopic (exact) mass is 724 g/mol. The van der Waals surface area contributed by atoms with Crippen molar-refractivity contribution < 1.29 is 55.3 Å². The number of fused-ring (bicyclic) bond motifs is 5. The molecule has 51 heavy (non-hydrogen) atoms. The van der Waals surface area contributed by atoms with Gasteiger partial charge in [0.1, 0.15) is 11.9 Å². The van der Waals surface area contributed by atoms with Crippen molar-refractivity contribution in [3.63, 3.8) is 0 Å². The quantitative estimate of drug-likeness (QED) is 0.277. The van der Waals surface area contributed by atoms with Crippen LogP contribution in [0.25, 0.3) is 0 Å². The molecule has 0 bridgehead atoms. The molecule has 0 amide bonds. The third-order valence-corrected chi connectivity index (χ3v) is 10.9. The van der Waals surface area contributed by atoms with Crippen LogP contribution in [0.15, 0.2) is 70.6 Å². The van der Waals surface area contributed by atoms with E-state index in [0.717, 1.165) is 42.2 Å². The molecular formula is C35H42F6N6O4. The number of nitrogens with one attached hydrogen (secondary N) is 2. The predicted octanol–water partition coefficient (Wildman–Crippen LogP) is 4.13. The molecule has 16 heteroatoms. The number of nitrogens with zero attached hydrogens (tertiary/aromatic N) is 4. The molecule has 4 aliphatic rings. The van der Waals surface area contributed by atoms with Crippen molar-refractivity contribution in [1.82, 2.24) is 0 Å². The normalized spacial score (nSPS) is 28.4. The SMILES string of the molecule is C[n+]1ccccc1N/N=C1/C=C2CC[C@@H]3[C@H](CC[C@]4(C)/C(=N/Nc5cccc[n+]5C)CC[C@@H]34)[C@@]2(C)CC1.O=C([O-])C(F)(F)F.O=C([O-])C(F)(F)F. The zero-order valence-electron chi connectivity index (χ0n) is 28.8. The van der Waals surface area contributed by atoms with E-state index in [2.05, 4.69) is 77.4 Å². The maximum atomic E-state index is 10.5. The van der Waals surface area contributed by atoms with E-state index >= 15 is 0 Å². The number of hydrogen-bond donors (Lipinski definition) is 2. The highest BCUT2D eigenvalue weighted by Crippen LogP contribution is 2.64. The van der Waals surface area contributed by atoms with Gasteiger partial charge in [-0.05, 0) is 92.7 Å². The van der Waals surface area contributed by atoms with Gasteiger partial charge in [0.25, 0.3) is 11.6 Å². The lowest BCUT2D eigenvalue weighted by atomic mass is 9.47. The first-order valence-corrected chi connectivity index (χ1v) is 16.6. The summed E-state index contributed by atoms with van der Waals surface area (Å²) in [7, 11) is 4.12. The Labute approximate surface area is 292 Å². The van der Waals surface area contributed by atoms with Gasteiger partial charge < -0.3 is 19.8 Å². The maximum absolute atomic E-state index is 10.5. The minimum Gasteiger partial charge on any atom is -0.542 e. The number of aromatic nitrogens is 2. The summed E-state index contributed by atoms with van der Waals surface area (Å²) < 4.78 is 67.3. The maximum Gasteiger partial charge on any atom is 0.430 e. The molecule has 6 rings (SSSR count).